The van der Waals surface area contributed by atoms with Crippen molar-refractivity contribution in [2.45, 2.75) is 30.6 Å². The zero-order chi connectivity index (χ0) is 23.7. The Balaban J connectivity index is 1.41. The van der Waals surface area contributed by atoms with Gasteiger partial charge in [0.05, 0.1) is 24.6 Å². The van der Waals surface area contributed by atoms with Crippen LogP contribution in [0.25, 0.3) is 11.0 Å². The second kappa shape index (κ2) is 7.61. The Labute approximate surface area is 191 Å². The number of alkyl halides is 5. The molecule has 2 N–H and O–H groups in total. The average Bonchev–Trinajstić information content (AvgIpc) is 3.50. The maximum Gasteiger partial charge on any atom is 0.431 e. The summed E-state index contributed by atoms with van der Waals surface area (Å²) in [4.78, 5) is 12.5. The number of benzene rings is 1. The van der Waals surface area contributed by atoms with Gasteiger partial charge in [-0.3, -0.25) is 4.90 Å². The molecule has 4 unspecified atom stereocenters. The molecule has 0 spiro atoms. The molecular weight excluding hydrogens is 457 g/mol. The van der Waals surface area contributed by atoms with Crippen LogP contribution in [0.1, 0.15) is 29.3 Å². The Morgan fingerprint density at radius 1 is 1.09 bits per heavy atom. The van der Waals surface area contributed by atoms with E-state index in [1.807, 2.05) is 0 Å². The standard InChI is InChI=1S/C23H22F5N5O/c24-22(25)6-17(33-7-12-9-34-10-13(12)8-33)19(14-3-1-2-4-16(14)22)32-21-15-5-18(23(26,27)28)31-20(15)29-11-30-21/h1-5,11-13,17,19H,6-10H2,(H2,29,30,31,32). The number of likely N-dealkylation sites (tertiary alicyclic amines) is 1. The molecule has 6 nitrogen and oxygen atoms in total. The number of hydrogen-bond donors (Lipinski definition) is 2. The van der Waals surface area contributed by atoms with Gasteiger partial charge in [-0.25, -0.2) is 18.7 Å². The van der Waals surface area contributed by atoms with Gasteiger partial charge in [0.25, 0.3) is 5.92 Å². The quantitative estimate of drug-likeness (QED) is 0.539. The third-order valence-electron chi connectivity index (χ3n) is 7.30. The summed E-state index contributed by atoms with van der Waals surface area (Å²) < 4.78 is 75.9. The third-order valence-corrected chi connectivity index (χ3v) is 7.30. The van der Waals surface area contributed by atoms with Crippen molar-refractivity contribution < 1.29 is 26.7 Å². The number of ether oxygens (including phenoxy) is 1. The van der Waals surface area contributed by atoms with Gasteiger partial charge < -0.3 is 15.0 Å². The lowest BCUT2D eigenvalue weighted by Crippen LogP contribution is -2.48. The van der Waals surface area contributed by atoms with Crippen LogP contribution in [0.3, 0.4) is 0 Å². The van der Waals surface area contributed by atoms with Crippen molar-refractivity contribution in [2.24, 2.45) is 11.8 Å². The predicted octanol–water partition coefficient (Wildman–Crippen LogP) is 4.57. The monoisotopic (exact) mass is 479 g/mol. The van der Waals surface area contributed by atoms with Crippen LogP contribution in [0.5, 0.6) is 0 Å². The Bertz CT molecular complexity index is 1220. The fourth-order valence-corrected chi connectivity index (χ4v) is 5.66. The number of aromatic amines is 1. The van der Waals surface area contributed by atoms with E-state index in [9.17, 15) is 13.2 Å². The molecule has 34 heavy (non-hydrogen) atoms. The lowest BCUT2D eigenvalue weighted by molar-refractivity contribution is -0.140. The summed E-state index contributed by atoms with van der Waals surface area (Å²) in [5.41, 5.74) is -0.550. The van der Waals surface area contributed by atoms with Crippen molar-refractivity contribution in [3.05, 3.63) is 53.5 Å². The van der Waals surface area contributed by atoms with Crippen LogP contribution in [0.4, 0.5) is 27.8 Å². The molecule has 180 valence electrons. The van der Waals surface area contributed by atoms with E-state index in [0.29, 0.717) is 43.7 Å². The van der Waals surface area contributed by atoms with E-state index < -0.39 is 36.3 Å². The van der Waals surface area contributed by atoms with Gasteiger partial charge in [-0.15, -0.1) is 0 Å². The minimum absolute atomic E-state index is 0.0312. The number of nitrogens with one attached hydrogen (secondary N) is 2. The Hall–Kier alpha value is -2.79. The fraction of sp³-hybridized carbons (Fsp3) is 0.478. The van der Waals surface area contributed by atoms with Gasteiger partial charge in [-0.1, -0.05) is 24.3 Å². The number of fused-ring (bicyclic) bond motifs is 3. The molecule has 0 saturated carbocycles. The molecule has 3 aromatic rings. The number of halogens is 5. The molecule has 2 saturated heterocycles. The number of anilines is 1. The number of H-pyrrole nitrogens is 1. The molecule has 0 bridgehead atoms. The highest BCUT2D eigenvalue weighted by molar-refractivity contribution is 5.88. The molecule has 2 aromatic heterocycles. The van der Waals surface area contributed by atoms with E-state index in [-0.39, 0.29) is 22.4 Å². The molecule has 4 heterocycles. The van der Waals surface area contributed by atoms with Gasteiger partial charge in [0.15, 0.2) is 0 Å². The van der Waals surface area contributed by atoms with Crippen molar-refractivity contribution in [2.75, 3.05) is 31.6 Å². The van der Waals surface area contributed by atoms with Crippen molar-refractivity contribution in [3.8, 4) is 0 Å². The lowest BCUT2D eigenvalue weighted by Gasteiger charge is -2.43. The van der Waals surface area contributed by atoms with Crippen LogP contribution in [0.2, 0.25) is 0 Å². The minimum atomic E-state index is -4.57. The second-order valence-corrected chi connectivity index (χ2v) is 9.36. The van der Waals surface area contributed by atoms with Crippen LogP contribution < -0.4 is 5.32 Å². The van der Waals surface area contributed by atoms with Gasteiger partial charge in [0.2, 0.25) is 0 Å². The molecular formula is C23H22F5N5O. The first-order valence-electron chi connectivity index (χ1n) is 11.2. The van der Waals surface area contributed by atoms with E-state index in [0.717, 1.165) is 12.4 Å². The molecule has 11 heteroatoms. The van der Waals surface area contributed by atoms with Crippen LogP contribution in [0, 0.1) is 11.8 Å². The van der Waals surface area contributed by atoms with Crippen molar-refractivity contribution in [3.63, 3.8) is 0 Å². The van der Waals surface area contributed by atoms with Crippen molar-refractivity contribution in [1.29, 1.82) is 0 Å². The third kappa shape index (κ3) is 3.52. The zero-order valence-electron chi connectivity index (χ0n) is 17.9. The largest absolute Gasteiger partial charge is 0.431 e. The maximum absolute atomic E-state index is 15.3. The normalized spacial score (nSPS) is 28.7. The summed E-state index contributed by atoms with van der Waals surface area (Å²) in [7, 11) is 0. The summed E-state index contributed by atoms with van der Waals surface area (Å²) in [5, 5.41) is 3.39. The van der Waals surface area contributed by atoms with Gasteiger partial charge in [0, 0.05) is 43.0 Å². The first-order chi connectivity index (χ1) is 16.2. The molecule has 1 aromatic carbocycles. The van der Waals surface area contributed by atoms with Crippen LogP contribution in [-0.2, 0) is 16.8 Å². The molecule has 1 aliphatic carbocycles. The Morgan fingerprint density at radius 3 is 2.56 bits per heavy atom. The van der Waals surface area contributed by atoms with E-state index in [1.165, 1.54) is 6.07 Å². The number of hydrogen-bond acceptors (Lipinski definition) is 5. The van der Waals surface area contributed by atoms with E-state index in [2.05, 4.69) is 25.2 Å². The lowest BCUT2D eigenvalue weighted by atomic mass is 9.80. The average molecular weight is 479 g/mol. The van der Waals surface area contributed by atoms with E-state index >= 15 is 8.78 Å². The highest BCUT2D eigenvalue weighted by Crippen LogP contribution is 2.48. The molecule has 6 rings (SSSR count). The van der Waals surface area contributed by atoms with Crippen LogP contribution >= 0.6 is 0 Å². The van der Waals surface area contributed by atoms with Crippen molar-refractivity contribution in [1.82, 2.24) is 19.9 Å². The molecule has 4 atom stereocenters. The van der Waals surface area contributed by atoms with E-state index in [1.54, 1.807) is 18.2 Å². The van der Waals surface area contributed by atoms with Gasteiger partial charge >= 0.3 is 6.18 Å². The predicted molar refractivity (Wildman–Crippen MR) is 113 cm³/mol. The number of aromatic nitrogens is 3. The topological polar surface area (TPSA) is 66.1 Å². The smallest absolute Gasteiger partial charge is 0.381 e. The SMILES string of the molecule is FC(F)(F)c1cc2c(NC3c4ccccc4C(F)(F)CC3N3CC4COCC4C3)ncnc2[nH]1. The van der Waals surface area contributed by atoms with Crippen LogP contribution in [0.15, 0.2) is 36.7 Å². The zero-order valence-corrected chi connectivity index (χ0v) is 17.9. The molecule has 3 aliphatic rings. The first-order valence-corrected chi connectivity index (χ1v) is 11.2. The summed E-state index contributed by atoms with van der Waals surface area (Å²) in [6.45, 7) is 2.53. The van der Waals surface area contributed by atoms with Gasteiger partial charge in [-0.05, 0) is 11.6 Å². The first kappa shape index (κ1) is 21.7. The Kier molecular flexibility index (Phi) is 4.86. The molecule has 2 aliphatic heterocycles. The molecule has 0 amide bonds. The number of rotatable bonds is 3. The highest BCUT2D eigenvalue weighted by Gasteiger charge is 2.50. The van der Waals surface area contributed by atoms with E-state index in [4.69, 9.17) is 4.74 Å². The number of nitrogens with zero attached hydrogens (tertiary/aromatic N) is 3. The van der Waals surface area contributed by atoms with Crippen LogP contribution in [-0.4, -0.2) is 52.2 Å². The summed E-state index contributed by atoms with van der Waals surface area (Å²) in [5.74, 6) is -2.24. The Morgan fingerprint density at radius 2 is 1.82 bits per heavy atom. The summed E-state index contributed by atoms with van der Waals surface area (Å²) in [6.07, 6.45) is -3.80. The second-order valence-electron chi connectivity index (χ2n) is 9.36. The van der Waals surface area contributed by atoms with Crippen molar-refractivity contribution >= 4 is 16.9 Å². The van der Waals surface area contributed by atoms with Gasteiger partial charge in [0.1, 0.15) is 23.5 Å². The molecule has 0 radical (unpaired) electrons. The molecule has 2 fully saturated rings. The van der Waals surface area contributed by atoms with Gasteiger partial charge in [-0.2, -0.15) is 13.2 Å². The maximum atomic E-state index is 15.3. The highest BCUT2D eigenvalue weighted by atomic mass is 19.4. The fourth-order valence-electron chi connectivity index (χ4n) is 5.66. The summed E-state index contributed by atoms with van der Waals surface area (Å²) in [6, 6.07) is 6.15. The summed E-state index contributed by atoms with van der Waals surface area (Å²) >= 11 is 0. The minimum Gasteiger partial charge on any atom is -0.381 e.